The molecule has 0 bridgehead atoms. The Bertz CT molecular complexity index is 1740. The molecule has 0 spiro atoms. The van der Waals surface area contributed by atoms with Gasteiger partial charge < -0.3 is 10.1 Å². The summed E-state index contributed by atoms with van der Waals surface area (Å²) in [6, 6.07) is 15.7. The molecule has 3 aromatic heterocycles. The fourth-order valence-corrected chi connectivity index (χ4v) is 7.20. The minimum Gasteiger partial charge on any atom is -0.496 e. The molecule has 0 aliphatic carbocycles. The van der Waals surface area contributed by atoms with Crippen LogP contribution in [0.5, 0.6) is 5.75 Å². The van der Waals surface area contributed by atoms with Crippen molar-refractivity contribution in [3.8, 4) is 28.4 Å². The van der Waals surface area contributed by atoms with Crippen molar-refractivity contribution in [1.29, 1.82) is 0 Å². The van der Waals surface area contributed by atoms with Crippen LogP contribution in [0.2, 0.25) is 5.02 Å². The highest BCUT2D eigenvalue weighted by Gasteiger charge is 2.31. The van der Waals surface area contributed by atoms with Gasteiger partial charge in [0.2, 0.25) is 16.0 Å². The van der Waals surface area contributed by atoms with Crippen LogP contribution in [0.1, 0.15) is 12.8 Å². The van der Waals surface area contributed by atoms with Crippen molar-refractivity contribution in [1.82, 2.24) is 23.7 Å². The molecule has 1 fully saturated rings. The van der Waals surface area contributed by atoms with E-state index in [9.17, 15) is 8.42 Å². The van der Waals surface area contributed by atoms with E-state index in [1.807, 2.05) is 46.3 Å². The molecule has 0 unspecified atom stereocenters. The molecule has 200 valence electrons. The molecule has 39 heavy (non-hydrogen) atoms. The lowest BCUT2D eigenvalue weighted by Gasteiger charge is -2.32. The maximum absolute atomic E-state index is 13.2. The van der Waals surface area contributed by atoms with Crippen LogP contribution in [0.15, 0.2) is 77.3 Å². The highest BCUT2D eigenvalue weighted by Crippen LogP contribution is 2.38. The van der Waals surface area contributed by atoms with Gasteiger partial charge in [0.15, 0.2) is 4.96 Å². The van der Waals surface area contributed by atoms with Crippen molar-refractivity contribution in [3.63, 3.8) is 0 Å². The van der Waals surface area contributed by atoms with Gasteiger partial charge in [0, 0.05) is 47.5 Å². The average Bonchev–Trinajstić information content (AvgIpc) is 3.55. The van der Waals surface area contributed by atoms with Crippen LogP contribution in [-0.4, -0.2) is 58.3 Å². The molecule has 0 saturated carbocycles. The zero-order chi connectivity index (χ0) is 27.0. The molecule has 2 aromatic carbocycles. The highest BCUT2D eigenvalue weighted by molar-refractivity contribution is 7.89. The third-order valence-electron chi connectivity index (χ3n) is 6.69. The summed E-state index contributed by atoms with van der Waals surface area (Å²) in [6.07, 6.45) is 5.19. The Morgan fingerprint density at radius 2 is 1.92 bits per heavy atom. The Balaban J connectivity index is 1.29. The molecule has 1 atom stereocenters. The number of nitrogens with one attached hydrogen (secondary N) is 1. The summed E-state index contributed by atoms with van der Waals surface area (Å²) in [5.41, 5.74) is 3.16. The molecule has 1 saturated heterocycles. The summed E-state index contributed by atoms with van der Waals surface area (Å²) >= 11 is 7.49. The fraction of sp³-hybridized carbons (Fsp3) is 0.222. The van der Waals surface area contributed by atoms with Crippen molar-refractivity contribution in [2.45, 2.75) is 23.8 Å². The number of hydrogen-bond donors (Lipinski definition) is 1. The van der Waals surface area contributed by atoms with Gasteiger partial charge in [-0.2, -0.15) is 4.31 Å². The molecule has 5 aromatic rings. The Morgan fingerprint density at radius 3 is 2.74 bits per heavy atom. The molecule has 9 nitrogen and oxygen atoms in total. The highest BCUT2D eigenvalue weighted by atomic mass is 35.5. The van der Waals surface area contributed by atoms with Gasteiger partial charge in [-0.3, -0.25) is 4.40 Å². The first kappa shape index (κ1) is 25.8. The number of ether oxygens (including phenoxy) is 1. The van der Waals surface area contributed by atoms with E-state index in [4.69, 9.17) is 26.3 Å². The smallest absolute Gasteiger partial charge is 0.243 e. The topological polar surface area (TPSA) is 102 Å². The number of nitrogens with zero attached hydrogens (tertiary/aromatic N) is 5. The molecule has 1 N–H and O–H groups in total. The Hall–Kier alpha value is -3.51. The summed E-state index contributed by atoms with van der Waals surface area (Å²) in [7, 11) is -1.99. The zero-order valence-electron chi connectivity index (χ0n) is 21.0. The second kappa shape index (κ2) is 10.6. The number of benzene rings is 2. The van der Waals surface area contributed by atoms with Crippen molar-refractivity contribution in [2.24, 2.45) is 0 Å². The number of rotatable bonds is 7. The van der Waals surface area contributed by atoms with E-state index in [1.54, 1.807) is 36.8 Å². The Kier molecular flexibility index (Phi) is 6.98. The number of sulfonamides is 1. The van der Waals surface area contributed by atoms with E-state index < -0.39 is 10.0 Å². The second-order valence-electron chi connectivity index (χ2n) is 9.13. The van der Waals surface area contributed by atoms with Crippen LogP contribution in [0.25, 0.3) is 27.6 Å². The van der Waals surface area contributed by atoms with E-state index in [0.29, 0.717) is 29.8 Å². The first-order chi connectivity index (χ1) is 18.9. The van der Waals surface area contributed by atoms with Crippen molar-refractivity contribution in [2.75, 3.05) is 25.5 Å². The number of hydrogen-bond acceptors (Lipinski definition) is 8. The maximum atomic E-state index is 13.2. The number of fused-ring (bicyclic) bond motifs is 1. The predicted octanol–water partition coefficient (Wildman–Crippen LogP) is 5.45. The largest absolute Gasteiger partial charge is 0.496 e. The summed E-state index contributed by atoms with van der Waals surface area (Å²) in [6.45, 7) is 0.769. The van der Waals surface area contributed by atoms with Gasteiger partial charge in [-0.05, 0) is 55.3 Å². The number of methoxy groups -OCH3 is 1. The summed E-state index contributed by atoms with van der Waals surface area (Å²) < 4.78 is 35.6. The van der Waals surface area contributed by atoms with E-state index >= 15 is 0 Å². The van der Waals surface area contributed by atoms with Crippen LogP contribution < -0.4 is 10.1 Å². The zero-order valence-corrected chi connectivity index (χ0v) is 23.4. The quantitative estimate of drug-likeness (QED) is 0.273. The Labute approximate surface area is 235 Å². The number of piperidine rings is 1. The fourth-order valence-electron chi connectivity index (χ4n) is 4.84. The van der Waals surface area contributed by atoms with Crippen molar-refractivity contribution < 1.29 is 13.2 Å². The monoisotopic (exact) mass is 580 g/mol. The number of anilines is 1. The molecule has 0 radical (unpaired) electrons. The lowest BCUT2D eigenvalue weighted by Crippen LogP contribution is -2.45. The summed E-state index contributed by atoms with van der Waals surface area (Å²) in [4.78, 5) is 15.2. The standard InChI is InChI=1S/C27H25ClN6O3S2/c1-37-23-7-3-2-6-21(23)24-25(34-15-16-38-27(34)32-24)22-12-13-29-26(31-22)30-19-5-4-14-33(17-19)39(35,36)20-10-8-18(28)9-11-20/h2-3,6-13,15-16,19H,4-5,14,17H2,1H3,(H,29,30,31)/t19-/m1/s1. The van der Waals surface area contributed by atoms with Crippen LogP contribution in [-0.2, 0) is 10.0 Å². The number of halogens is 1. The Morgan fingerprint density at radius 1 is 1.10 bits per heavy atom. The van der Waals surface area contributed by atoms with E-state index in [2.05, 4.69) is 10.3 Å². The molecular weight excluding hydrogens is 556 g/mol. The number of aromatic nitrogens is 4. The molecule has 0 amide bonds. The van der Waals surface area contributed by atoms with E-state index in [0.717, 1.165) is 40.5 Å². The first-order valence-electron chi connectivity index (χ1n) is 12.4. The van der Waals surface area contributed by atoms with Gasteiger partial charge in [0.05, 0.1) is 17.7 Å². The second-order valence-corrected chi connectivity index (χ2v) is 12.4. The van der Waals surface area contributed by atoms with Crippen LogP contribution >= 0.6 is 22.9 Å². The SMILES string of the molecule is COc1ccccc1-c1nc2sccn2c1-c1ccnc(N[C@@H]2CCCN(S(=O)(=O)c3ccc(Cl)cc3)C2)n1. The third kappa shape index (κ3) is 4.98. The number of para-hydroxylation sites is 1. The number of imidazole rings is 1. The van der Waals surface area contributed by atoms with Crippen molar-refractivity contribution in [3.05, 3.63) is 77.4 Å². The third-order valence-corrected chi connectivity index (χ3v) is 9.58. The normalized spacial score (nSPS) is 16.4. The predicted molar refractivity (Wildman–Crippen MR) is 153 cm³/mol. The molecule has 6 rings (SSSR count). The maximum Gasteiger partial charge on any atom is 0.243 e. The van der Waals surface area contributed by atoms with Crippen LogP contribution in [0.3, 0.4) is 0 Å². The van der Waals surface area contributed by atoms with Crippen LogP contribution in [0.4, 0.5) is 5.95 Å². The first-order valence-corrected chi connectivity index (χ1v) is 15.1. The summed E-state index contributed by atoms with van der Waals surface area (Å²) in [5.74, 6) is 1.15. The van der Waals surface area contributed by atoms with E-state index in [1.165, 1.54) is 16.4 Å². The molecule has 1 aliphatic heterocycles. The molecule has 12 heteroatoms. The minimum atomic E-state index is -3.64. The van der Waals surface area contributed by atoms with Gasteiger partial charge in [0.25, 0.3) is 0 Å². The lowest BCUT2D eigenvalue weighted by atomic mass is 10.1. The van der Waals surface area contributed by atoms with Gasteiger partial charge in [-0.1, -0.05) is 23.7 Å². The molecule has 1 aliphatic rings. The molecular formula is C27H25ClN6O3S2. The van der Waals surface area contributed by atoms with E-state index in [-0.39, 0.29) is 10.9 Å². The average molecular weight is 581 g/mol. The van der Waals surface area contributed by atoms with Gasteiger partial charge >= 0.3 is 0 Å². The van der Waals surface area contributed by atoms with Crippen LogP contribution in [0, 0.1) is 0 Å². The van der Waals surface area contributed by atoms with Gasteiger partial charge in [0.1, 0.15) is 17.1 Å². The summed E-state index contributed by atoms with van der Waals surface area (Å²) in [5, 5.41) is 5.85. The molecule has 4 heterocycles. The van der Waals surface area contributed by atoms with Crippen molar-refractivity contribution >= 4 is 43.9 Å². The minimum absolute atomic E-state index is 0.142. The number of thiazole rings is 1. The van der Waals surface area contributed by atoms with Gasteiger partial charge in [-0.15, -0.1) is 11.3 Å². The van der Waals surface area contributed by atoms with Gasteiger partial charge in [-0.25, -0.2) is 23.4 Å². The lowest BCUT2D eigenvalue weighted by molar-refractivity contribution is 0.326.